The summed E-state index contributed by atoms with van der Waals surface area (Å²) in [7, 11) is 1.74. The molecule has 1 fully saturated rings. The Morgan fingerprint density at radius 2 is 1.77 bits per heavy atom. The summed E-state index contributed by atoms with van der Waals surface area (Å²) in [5.41, 5.74) is 8.67. The molecule has 35 heavy (non-hydrogen) atoms. The summed E-state index contributed by atoms with van der Waals surface area (Å²) in [6, 6.07) is 16.6. The molecular weight excluding hydrogens is 434 g/mol. The maximum atomic E-state index is 9.14. The standard InChI is InChI=1S/C30H31N3O2/c1-19-14-24(12-13-28(19)33-17-20(2)35-21(3)18-33)27-16-32-29-25(6-5-7-26(29)30(27)34-4)23-10-8-22(15-31)9-11-23/h5-14,16,20-21,29,32H,17-18H2,1-4H3/t20-,21?,29?/m1/s1. The highest BCUT2D eigenvalue weighted by Crippen LogP contribution is 2.38. The Bertz CT molecular complexity index is 1280. The fourth-order valence-electron chi connectivity index (χ4n) is 5.38. The Hall–Kier alpha value is -3.75. The van der Waals surface area contributed by atoms with Gasteiger partial charge in [0.15, 0.2) is 0 Å². The van der Waals surface area contributed by atoms with Crippen LogP contribution < -0.4 is 10.2 Å². The van der Waals surface area contributed by atoms with E-state index >= 15 is 0 Å². The van der Waals surface area contributed by atoms with E-state index in [4.69, 9.17) is 14.7 Å². The first-order chi connectivity index (χ1) is 17.0. The van der Waals surface area contributed by atoms with Crippen molar-refractivity contribution in [3.05, 3.63) is 100 Å². The van der Waals surface area contributed by atoms with Crippen molar-refractivity contribution in [1.82, 2.24) is 5.32 Å². The highest BCUT2D eigenvalue weighted by Gasteiger charge is 2.30. The van der Waals surface area contributed by atoms with Gasteiger partial charge in [-0.3, -0.25) is 0 Å². The zero-order valence-corrected chi connectivity index (χ0v) is 20.7. The molecule has 2 aromatic rings. The quantitative estimate of drug-likeness (QED) is 0.660. The molecule has 2 heterocycles. The topological polar surface area (TPSA) is 57.5 Å². The normalized spacial score (nSPS) is 23.6. The molecule has 3 atom stereocenters. The predicted molar refractivity (Wildman–Crippen MR) is 141 cm³/mol. The first-order valence-corrected chi connectivity index (χ1v) is 12.1. The highest BCUT2D eigenvalue weighted by atomic mass is 16.5. The van der Waals surface area contributed by atoms with E-state index < -0.39 is 0 Å². The second-order valence-electron chi connectivity index (χ2n) is 9.48. The third-order valence-electron chi connectivity index (χ3n) is 6.89. The number of hydrogen-bond donors (Lipinski definition) is 1. The van der Waals surface area contributed by atoms with E-state index in [0.717, 1.165) is 46.7 Å². The number of morpholine rings is 1. The van der Waals surface area contributed by atoms with E-state index in [9.17, 15) is 0 Å². The fraction of sp³-hybridized carbons (Fsp3) is 0.300. The average molecular weight is 466 g/mol. The molecule has 1 saturated heterocycles. The van der Waals surface area contributed by atoms with Crippen molar-refractivity contribution in [2.45, 2.75) is 39.0 Å². The number of methoxy groups -OCH3 is 1. The van der Waals surface area contributed by atoms with Crippen LogP contribution in [0.1, 0.15) is 36.1 Å². The predicted octanol–water partition coefficient (Wildman–Crippen LogP) is 5.35. The van der Waals surface area contributed by atoms with E-state index in [1.54, 1.807) is 7.11 Å². The van der Waals surface area contributed by atoms with Gasteiger partial charge in [0.1, 0.15) is 5.76 Å². The number of rotatable bonds is 4. The molecular formula is C30H31N3O2. The second kappa shape index (κ2) is 9.48. The maximum absolute atomic E-state index is 9.14. The van der Waals surface area contributed by atoms with Crippen LogP contribution >= 0.6 is 0 Å². The molecule has 0 aromatic heterocycles. The van der Waals surface area contributed by atoms with Crippen LogP contribution in [0.15, 0.2) is 78.2 Å². The van der Waals surface area contributed by atoms with Gasteiger partial charge in [-0.2, -0.15) is 5.26 Å². The molecule has 1 aliphatic carbocycles. The molecule has 0 spiro atoms. The number of nitrogens with zero attached hydrogens (tertiary/aromatic N) is 2. The van der Waals surface area contributed by atoms with Crippen LogP contribution in [0.4, 0.5) is 5.69 Å². The molecule has 5 heteroatoms. The van der Waals surface area contributed by atoms with Gasteiger partial charge in [0.2, 0.25) is 0 Å². The second-order valence-corrected chi connectivity index (χ2v) is 9.48. The van der Waals surface area contributed by atoms with Crippen molar-refractivity contribution in [2.24, 2.45) is 0 Å². The van der Waals surface area contributed by atoms with Crippen LogP contribution in [0.2, 0.25) is 0 Å². The van der Waals surface area contributed by atoms with Crippen LogP contribution in [0, 0.1) is 18.3 Å². The Labute approximate surface area is 207 Å². The minimum absolute atomic E-state index is 0.0108. The van der Waals surface area contributed by atoms with E-state index in [1.807, 2.05) is 24.3 Å². The molecule has 0 amide bonds. The van der Waals surface area contributed by atoms with Gasteiger partial charge >= 0.3 is 0 Å². The van der Waals surface area contributed by atoms with Crippen molar-refractivity contribution < 1.29 is 9.47 Å². The molecule has 0 radical (unpaired) electrons. The third-order valence-corrected chi connectivity index (χ3v) is 6.89. The SMILES string of the molecule is COC1=C2C=CC=C(c3ccc(C#N)cc3)C2NC=C1c1ccc(N2CC(C)O[C@H](C)C2)c(C)c1. The summed E-state index contributed by atoms with van der Waals surface area (Å²) in [4.78, 5) is 2.43. The highest BCUT2D eigenvalue weighted by molar-refractivity contribution is 5.86. The molecule has 3 aliphatic rings. The first-order valence-electron chi connectivity index (χ1n) is 12.1. The zero-order valence-electron chi connectivity index (χ0n) is 20.7. The van der Waals surface area contributed by atoms with Crippen LogP contribution in [-0.2, 0) is 9.47 Å². The number of ether oxygens (including phenoxy) is 2. The number of allylic oxidation sites excluding steroid dienone is 3. The van der Waals surface area contributed by atoms with Gasteiger partial charge in [-0.1, -0.05) is 36.4 Å². The van der Waals surface area contributed by atoms with E-state index in [-0.39, 0.29) is 18.2 Å². The number of fused-ring (bicyclic) bond motifs is 1. The summed E-state index contributed by atoms with van der Waals surface area (Å²) >= 11 is 0. The fourth-order valence-corrected chi connectivity index (χ4v) is 5.38. The molecule has 2 aromatic carbocycles. The van der Waals surface area contributed by atoms with E-state index in [2.05, 4.69) is 79.7 Å². The summed E-state index contributed by atoms with van der Waals surface area (Å²) < 4.78 is 11.9. The maximum Gasteiger partial charge on any atom is 0.133 e. The van der Waals surface area contributed by atoms with Crippen molar-refractivity contribution >= 4 is 16.8 Å². The van der Waals surface area contributed by atoms with Gasteiger partial charge in [-0.05, 0) is 67.3 Å². The number of aryl methyl sites for hydroxylation is 1. The van der Waals surface area contributed by atoms with Gasteiger partial charge in [0, 0.05) is 36.1 Å². The molecule has 2 aliphatic heterocycles. The lowest BCUT2D eigenvalue weighted by Crippen LogP contribution is -2.45. The smallest absolute Gasteiger partial charge is 0.133 e. The van der Waals surface area contributed by atoms with Crippen LogP contribution in [0.25, 0.3) is 11.1 Å². The van der Waals surface area contributed by atoms with Crippen LogP contribution in [0.3, 0.4) is 0 Å². The lowest BCUT2D eigenvalue weighted by molar-refractivity contribution is -0.00524. The largest absolute Gasteiger partial charge is 0.496 e. The molecule has 178 valence electrons. The average Bonchev–Trinajstić information content (AvgIpc) is 2.87. The molecule has 0 saturated carbocycles. The van der Waals surface area contributed by atoms with Crippen molar-refractivity contribution in [3.63, 3.8) is 0 Å². The first kappa shape index (κ1) is 23.0. The van der Waals surface area contributed by atoms with E-state index in [0.29, 0.717) is 5.56 Å². The summed E-state index contributed by atoms with van der Waals surface area (Å²) in [5, 5.41) is 12.7. The van der Waals surface area contributed by atoms with Gasteiger partial charge < -0.3 is 19.7 Å². The number of nitrogens with one attached hydrogen (secondary N) is 1. The van der Waals surface area contributed by atoms with Crippen LogP contribution in [-0.4, -0.2) is 38.4 Å². The van der Waals surface area contributed by atoms with Gasteiger partial charge in [-0.15, -0.1) is 0 Å². The van der Waals surface area contributed by atoms with Crippen molar-refractivity contribution in [1.29, 1.82) is 5.26 Å². The van der Waals surface area contributed by atoms with E-state index in [1.165, 1.54) is 11.3 Å². The molecule has 1 N–H and O–H groups in total. The summed E-state index contributed by atoms with van der Waals surface area (Å²) in [6.07, 6.45) is 8.82. The lowest BCUT2D eigenvalue weighted by Gasteiger charge is -2.37. The van der Waals surface area contributed by atoms with Gasteiger partial charge in [-0.25, -0.2) is 0 Å². The summed E-state index contributed by atoms with van der Waals surface area (Å²) in [6.45, 7) is 8.25. The van der Waals surface area contributed by atoms with Gasteiger partial charge in [0.05, 0.1) is 37.0 Å². The number of benzene rings is 2. The lowest BCUT2D eigenvalue weighted by atomic mass is 9.84. The Kier molecular flexibility index (Phi) is 6.23. The van der Waals surface area contributed by atoms with Gasteiger partial charge in [0.25, 0.3) is 0 Å². The van der Waals surface area contributed by atoms with Crippen molar-refractivity contribution in [3.8, 4) is 6.07 Å². The number of dihydropyridines is 1. The zero-order chi connectivity index (χ0) is 24.5. The Balaban J connectivity index is 1.44. The Morgan fingerprint density at radius 3 is 2.43 bits per heavy atom. The number of anilines is 1. The molecule has 5 rings (SSSR count). The molecule has 0 bridgehead atoms. The Morgan fingerprint density at radius 1 is 1.06 bits per heavy atom. The summed E-state index contributed by atoms with van der Waals surface area (Å²) in [5.74, 6) is 0.880. The minimum Gasteiger partial charge on any atom is -0.496 e. The minimum atomic E-state index is -0.0108. The molecule has 5 nitrogen and oxygen atoms in total. The number of nitriles is 1. The van der Waals surface area contributed by atoms with Crippen molar-refractivity contribution in [2.75, 3.05) is 25.1 Å². The van der Waals surface area contributed by atoms with Crippen LogP contribution in [0.5, 0.6) is 0 Å². The molecule has 2 unspecified atom stereocenters. The monoisotopic (exact) mass is 465 g/mol. The third kappa shape index (κ3) is 4.38. The number of hydrogen-bond acceptors (Lipinski definition) is 5.